The van der Waals surface area contributed by atoms with Crippen LogP contribution in [0.15, 0.2) is 77.2 Å². The molecule has 5 N–H and O–H groups in total. The van der Waals surface area contributed by atoms with Gasteiger partial charge >= 0.3 is 23.8 Å². The number of hydrogen-bond donors (Lipinski definition) is 4. The summed E-state index contributed by atoms with van der Waals surface area (Å²) in [5.74, 6) is -0.676. The van der Waals surface area contributed by atoms with Crippen molar-refractivity contribution in [3.63, 3.8) is 0 Å². The van der Waals surface area contributed by atoms with Crippen LogP contribution in [0.5, 0.6) is 5.75 Å². The number of anilines is 4. The van der Waals surface area contributed by atoms with Crippen LogP contribution < -0.4 is 21.1 Å². The van der Waals surface area contributed by atoms with Crippen molar-refractivity contribution >= 4 is 35.0 Å². The number of carbonyl (C=O) groups excluding carboxylic acids is 1. The van der Waals surface area contributed by atoms with Crippen LogP contribution in [0.4, 0.5) is 23.1 Å². The molecular formula is C31H33N5O5. The molecule has 212 valence electrons. The van der Waals surface area contributed by atoms with Crippen LogP contribution in [-0.2, 0) is 11.4 Å². The van der Waals surface area contributed by atoms with Crippen molar-refractivity contribution in [1.82, 2.24) is 10.2 Å². The van der Waals surface area contributed by atoms with Gasteiger partial charge in [0.25, 0.3) is 0 Å². The maximum Gasteiger partial charge on any atom is 0.320 e. The Bertz CT molecular complexity index is 1500. The smallest absolute Gasteiger partial charge is 0.320 e. The molecule has 1 aliphatic carbocycles. The molecule has 10 nitrogen and oxygen atoms in total. The van der Waals surface area contributed by atoms with E-state index in [1.165, 1.54) is 0 Å². The summed E-state index contributed by atoms with van der Waals surface area (Å²) in [6.45, 7) is 2.22. The number of benzene rings is 3. The Labute approximate surface area is 237 Å². The molecule has 0 spiro atoms. The summed E-state index contributed by atoms with van der Waals surface area (Å²) in [5.41, 5.74) is 9.96. The molecule has 4 aromatic rings. The van der Waals surface area contributed by atoms with E-state index in [1.54, 1.807) is 19.1 Å². The Morgan fingerprint density at radius 3 is 2.54 bits per heavy atom. The fourth-order valence-corrected chi connectivity index (χ4v) is 5.17. The molecule has 1 aromatic heterocycles. The summed E-state index contributed by atoms with van der Waals surface area (Å²) in [6, 6.07) is 22.8. The number of aromatic nitrogens is 2. The predicted molar refractivity (Wildman–Crippen MR) is 155 cm³/mol. The highest BCUT2D eigenvalue weighted by molar-refractivity contribution is 6.02. The van der Waals surface area contributed by atoms with E-state index in [1.807, 2.05) is 60.7 Å². The number of amides is 1. The molecule has 0 saturated heterocycles. The minimum absolute atomic E-state index is 0.0616. The lowest BCUT2D eigenvalue weighted by molar-refractivity contribution is -0.143. The van der Waals surface area contributed by atoms with Crippen LogP contribution in [0, 0.1) is 11.8 Å². The molecule has 5 rings (SSSR count). The summed E-state index contributed by atoms with van der Waals surface area (Å²) in [4.78, 5) is 24.1. The fraction of sp³-hybridized carbons (Fsp3) is 0.290. The Morgan fingerprint density at radius 2 is 1.80 bits per heavy atom. The number of nitrogens with one attached hydrogen (secondary N) is 2. The van der Waals surface area contributed by atoms with Gasteiger partial charge in [-0.15, -0.1) is 5.10 Å². The molecule has 0 radical (unpaired) electrons. The molecule has 1 unspecified atom stereocenters. The first kappa shape index (κ1) is 27.7. The highest BCUT2D eigenvalue weighted by atomic mass is 16.5. The third-order valence-corrected chi connectivity index (χ3v) is 7.62. The molecule has 1 saturated carbocycles. The van der Waals surface area contributed by atoms with Gasteiger partial charge < -0.3 is 30.6 Å². The zero-order chi connectivity index (χ0) is 28.8. The quantitative estimate of drug-likeness (QED) is 0.167. The lowest BCUT2D eigenvalue weighted by atomic mass is 9.74. The predicted octanol–water partition coefficient (Wildman–Crippen LogP) is 6.22. The highest BCUT2D eigenvalue weighted by Crippen LogP contribution is 2.40. The summed E-state index contributed by atoms with van der Waals surface area (Å²) >= 11 is 0. The number of hydrogen-bond acceptors (Lipinski definition) is 8. The Morgan fingerprint density at radius 1 is 1.02 bits per heavy atom. The topological polar surface area (TPSA) is 153 Å². The van der Waals surface area contributed by atoms with Crippen molar-refractivity contribution in [2.45, 2.75) is 45.1 Å². The second-order valence-corrected chi connectivity index (χ2v) is 10.4. The lowest BCUT2D eigenvalue weighted by Gasteiger charge is -2.31. The number of nitrogens with zero attached hydrogens (tertiary/aromatic N) is 2. The first-order chi connectivity index (χ1) is 19.9. The van der Waals surface area contributed by atoms with Gasteiger partial charge in [-0.1, -0.05) is 54.5 Å². The molecule has 3 aromatic carbocycles. The second-order valence-electron chi connectivity index (χ2n) is 10.4. The largest absolute Gasteiger partial charge is 0.489 e. The first-order valence-electron chi connectivity index (χ1n) is 13.7. The van der Waals surface area contributed by atoms with E-state index in [4.69, 9.17) is 14.9 Å². The molecule has 0 aliphatic heterocycles. The normalized spacial score (nSPS) is 17.4. The Kier molecular flexibility index (Phi) is 8.47. The van der Waals surface area contributed by atoms with Crippen molar-refractivity contribution in [2.24, 2.45) is 11.8 Å². The van der Waals surface area contributed by atoms with Crippen LogP contribution in [0.25, 0.3) is 0 Å². The van der Waals surface area contributed by atoms with Crippen LogP contribution >= 0.6 is 0 Å². The standard InChI is InChI=1S/C31H33N5O5/c1-19(30(38)39)21-10-12-22(13-11-21)23-14-15-27(26(32)16-23)34-28(37)29-35-36-31(41-29)33-24-8-5-9-25(17-24)40-18-20-6-3-2-4-7-20/h2-9,14-17,19,21-22H,10-13,18,32H2,1H3,(H,33,36)(H,34,37)(H,38,39). The van der Waals surface area contributed by atoms with E-state index in [0.717, 1.165) is 36.8 Å². The number of rotatable bonds is 10. The van der Waals surface area contributed by atoms with E-state index < -0.39 is 11.9 Å². The summed E-state index contributed by atoms with van der Waals surface area (Å²) in [6.07, 6.45) is 3.56. The van der Waals surface area contributed by atoms with Crippen LogP contribution in [0.3, 0.4) is 0 Å². The molecule has 41 heavy (non-hydrogen) atoms. The Balaban J connectivity index is 1.15. The monoisotopic (exact) mass is 555 g/mol. The van der Waals surface area contributed by atoms with Crippen molar-refractivity contribution in [3.8, 4) is 5.75 Å². The number of carbonyl (C=O) groups is 2. The van der Waals surface area contributed by atoms with Gasteiger partial charge in [-0.05, 0) is 72.9 Å². The first-order valence-corrected chi connectivity index (χ1v) is 13.7. The number of ether oxygens (including phenoxy) is 1. The SMILES string of the molecule is CC(C(=O)O)C1CCC(c2ccc(NC(=O)c3nnc(Nc4cccc(OCc5ccccc5)c4)o3)c(N)c2)CC1. The van der Waals surface area contributed by atoms with Crippen molar-refractivity contribution in [3.05, 3.63) is 89.8 Å². The highest BCUT2D eigenvalue weighted by Gasteiger charge is 2.29. The maximum absolute atomic E-state index is 12.8. The zero-order valence-corrected chi connectivity index (χ0v) is 22.7. The zero-order valence-electron chi connectivity index (χ0n) is 22.7. The van der Waals surface area contributed by atoms with E-state index in [9.17, 15) is 14.7 Å². The maximum atomic E-state index is 12.8. The van der Waals surface area contributed by atoms with Gasteiger partial charge in [0.1, 0.15) is 12.4 Å². The summed E-state index contributed by atoms with van der Waals surface area (Å²) in [7, 11) is 0. The third kappa shape index (κ3) is 7.02. The van der Waals surface area contributed by atoms with Crippen molar-refractivity contribution in [2.75, 3.05) is 16.4 Å². The van der Waals surface area contributed by atoms with Gasteiger partial charge in [-0.3, -0.25) is 9.59 Å². The minimum Gasteiger partial charge on any atom is -0.489 e. The number of nitrogens with two attached hydrogens (primary N) is 1. The molecule has 0 bridgehead atoms. The van der Waals surface area contributed by atoms with Gasteiger partial charge in [-0.25, -0.2) is 0 Å². The van der Waals surface area contributed by atoms with Gasteiger partial charge in [0, 0.05) is 11.8 Å². The third-order valence-electron chi connectivity index (χ3n) is 7.62. The number of aliphatic carboxylic acids is 1. The molecule has 1 heterocycles. The van der Waals surface area contributed by atoms with E-state index in [2.05, 4.69) is 20.8 Å². The summed E-state index contributed by atoms with van der Waals surface area (Å²) in [5, 5.41) is 22.8. The minimum atomic E-state index is -0.736. The van der Waals surface area contributed by atoms with Crippen LogP contribution in [0.2, 0.25) is 0 Å². The average molecular weight is 556 g/mol. The van der Waals surface area contributed by atoms with Crippen molar-refractivity contribution in [1.29, 1.82) is 0 Å². The summed E-state index contributed by atoms with van der Waals surface area (Å²) < 4.78 is 11.4. The molecular weight excluding hydrogens is 522 g/mol. The average Bonchev–Trinajstić information content (AvgIpc) is 3.46. The molecule has 1 amide bonds. The number of carboxylic acid groups (broad SMARTS) is 1. The Hall–Kier alpha value is -4.86. The lowest BCUT2D eigenvalue weighted by Crippen LogP contribution is -2.25. The van der Waals surface area contributed by atoms with E-state index in [0.29, 0.717) is 35.3 Å². The number of nitrogen functional groups attached to an aromatic ring is 1. The number of carboxylic acids is 1. The van der Waals surface area contributed by atoms with Gasteiger partial charge in [0.05, 0.1) is 17.3 Å². The van der Waals surface area contributed by atoms with Gasteiger partial charge in [0.2, 0.25) is 0 Å². The molecule has 1 fully saturated rings. The van der Waals surface area contributed by atoms with Gasteiger partial charge in [0.15, 0.2) is 0 Å². The second kappa shape index (κ2) is 12.5. The van der Waals surface area contributed by atoms with Gasteiger partial charge in [-0.2, -0.15) is 0 Å². The van der Waals surface area contributed by atoms with E-state index >= 15 is 0 Å². The molecule has 10 heteroatoms. The van der Waals surface area contributed by atoms with Crippen LogP contribution in [-0.4, -0.2) is 27.2 Å². The van der Waals surface area contributed by atoms with Crippen molar-refractivity contribution < 1.29 is 23.8 Å². The fourth-order valence-electron chi connectivity index (χ4n) is 5.17. The van der Waals surface area contributed by atoms with E-state index in [-0.39, 0.29) is 23.7 Å². The molecule has 1 aliphatic rings. The molecule has 1 atom stereocenters. The van der Waals surface area contributed by atoms with Crippen LogP contribution in [0.1, 0.15) is 60.3 Å².